The molecule has 2 aromatic rings. The van der Waals surface area contributed by atoms with Crippen LogP contribution in [0.25, 0.3) is 0 Å². The predicted octanol–water partition coefficient (Wildman–Crippen LogP) is 4.49. The molecule has 0 amide bonds. The molecule has 0 bridgehead atoms. The number of thiazole rings is 1. The van der Waals surface area contributed by atoms with Gasteiger partial charge in [-0.05, 0) is 0 Å². The first-order valence-electron chi connectivity index (χ1n) is 4.81. The van der Waals surface area contributed by atoms with Crippen molar-refractivity contribution in [1.82, 2.24) is 14.8 Å². The summed E-state index contributed by atoms with van der Waals surface area (Å²) in [4.78, 5) is 3.96. The van der Waals surface area contributed by atoms with Crippen LogP contribution in [-0.4, -0.2) is 14.8 Å². The summed E-state index contributed by atoms with van der Waals surface area (Å²) in [6.45, 7) is 0. The first-order chi connectivity index (χ1) is 8.79. The van der Waals surface area contributed by atoms with E-state index in [9.17, 15) is 13.2 Å². The van der Waals surface area contributed by atoms with Crippen molar-refractivity contribution in [2.24, 2.45) is 7.05 Å². The van der Waals surface area contributed by atoms with Gasteiger partial charge in [0.25, 0.3) is 0 Å². The highest BCUT2D eigenvalue weighted by atomic mass is 35.5. The minimum Gasteiger partial charge on any atom is -0.256 e. The molecule has 0 atom stereocenters. The highest BCUT2D eigenvalue weighted by molar-refractivity contribution is 8.00. The van der Waals surface area contributed by atoms with Crippen molar-refractivity contribution >= 4 is 46.3 Å². The van der Waals surface area contributed by atoms with E-state index in [0.717, 1.165) is 16.4 Å². The molecule has 0 aliphatic heterocycles. The van der Waals surface area contributed by atoms with Crippen molar-refractivity contribution in [1.29, 1.82) is 0 Å². The van der Waals surface area contributed by atoms with Gasteiger partial charge in [0.05, 0.1) is 6.20 Å². The number of hydrogen-bond donors (Lipinski definition) is 0. The SMILES string of the molecule is Cn1nc(C(F)(F)F)c(CSc2ncc(Cl)s2)c1Cl. The molecule has 0 radical (unpaired) electrons. The topological polar surface area (TPSA) is 30.7 Å². The Kier molecular flexibility index (Phi) is 4.34. The van der Waals surface area contributed by atoms with Gasteiger partial charge in [-0.3, -0.25) is 4.68 Å². The Balaban J connectivity index is 2.24. The zero-order chi connectivity index (χ0) is 14.2. The van der Waals surface area contributed by atoms with Gasteiger partial charge in [-0.15, -0.1) is 0 Å². The van der Waals surface area contributed by atoms with E-state index in [2.05, 4.69) is 10.1 Å². The minimum atomic E-state index is -4.53. The first-order valence-corrected chi connectivity index (χ1v) is 7.37. The minimum absolute atomic E-state index is 0.0255. The molecule has 0 saturated carbocycles. The van der Waals surface area contributed by atoms with Crippen molar-refractivity contribution in [3.8, 4) is 0 Å². The fourth-order valence-corrected chi connectivity index (χ4v) is 3.75. The molecule has 2 aromatic heterocycles. The summed E-state index contributed by atoms with van der Waals surface area (Å²) in [5, 5.41) is 3.38. The molecule has 0 N–H and O–H groups in total. The Hall–Kier alpha value is -0.440. The molecule has 0 aliphatic rings. The smallest absolute Gasteiger partial charge is 0.256 e. The van der Waals surface area contributed by atoms with Crippen LogP contribution in [0.3, 0.4) is 0 Å². The zero-order valence-electron chi connectivity index (χ0n) is 9.33. The number of alkyl halides is 3. The van der Waals surface area contributed by atoms with Gasteiger partial charge in [0.1, 0.15) is 9.49 Å². The highest BCUT2D eigenvalue weighted by Gasteiger charge is 2.38. The number of aryl methyl sites for hydroxylation is 1. The van der Waals surface area contributed by atoms with E-state index >= 15 is 0 Å². The summed E-state index contributed by atoms with van der Waals surface area (Å²) in [7, 11) is 1.37. The quantitative estimate of drug-likeness (QED) is 0.766. The predicted molar refractivity (Wildman–Crippen MR) is 69.9 cm³/mol. The summed E-state index contributed by atoms with van der Waals surface area (Å²) in [5.41, 5.74) is -1.01. The summed E-state index contributed by atoms with van der Waals surface area (Å²) in [6, 6.07) is 0. The van der Waals surface area contributed by atoms with Crippen LogP contribution in [0.5, 0.6) is 0 Å². The second kappa shape index (κ2) is 5.51. The van der Waals surface area contributed by atoms with E-state index in [1.54, 1.807) is 0 Å². The number of hydrogen-bond acceptors (Lipinski definition) is 4. The van der Waals surface area contributed by atoms with Gasteiger partial charge in [-0.25, -0.2) is 4.98 Å². The summed E-state index contributed by atoms with van der Waals surface area (Å²) < 4.78 is 40.5. The van der Waals surface area contributed by atoms with E-state index in [1.165, 1.54) is 24.6 Å². The van der Waals surface area contributed by atoms with Gasteiger partial charge in [0.2, 0.25) is 0 Å². The van der Waals surface area contributed by atoms with E-state index in [4.69, 9.17) is 23.2 Å². The third-order valence-corrected chi connectivity index (χ3v) is 4.90. The third kappa shape index (κ3) is 3.36. The van der Waals surface area contributed by atoms with Gasteiger partial charge < -0.3 is 0 Å². The molecule has 19 heavy (non-hydrogen) atoms. The fourth-order valence-electron chi connectivity index (χ4n) is 1.34. The van der Waals surface area contributed by atoms with Crippen LogP contribution in [0, 0.1) is 0 Å². The maximum atomic E-state index is 12.8. The van der Waals surface area contributed by atoms with Crippen LogP contribution in [0.2, 0.25) is 9.49 Å². The molecule has 0 unspecified atom stereocenters. The number of thioether (sulfide) groups is 1. The molecule has 2 heterocycles. The van der Waals surface area contributed by atoms with E-state index in [-0.39, 0.29) is 16.5 Å². The summed E-state index contributed by atoms with van der Waals surface area (Å²) in [6.07, 6.45) is -3.08. The maximum absolute atomic E-state index is 12.8. The summed E-state index contributed by atoms with van der Waals surface area (Å²) >= 11 is 13.9. The Morgan fingerprint density at radius 2 is 2.11 bits per heavy atom. The molecule has 0 aliphatic carbocycles. The lowest BCUT2D eigenvalue weighted by Gasteiger charge is -2.05. The second-order valence-corrected chi connectivity index (χ2v) is 6.70. The Bertz CT molecular complexity index is 594. The van der Waals surface area contributed by atoms with Crippen LogP contribution >= 0.6 is 46.3 Å². The zero-order valence-corrected chi connectivity index (χ0v) is 12.5. The van der Waals surface area contributed by atoms with Crippen molar-refractivity contribution in [2.75, 3.05) is 0 Å². The van der Waals surface area contributed by atoms with Crippen molar-refractivity contribution in [3.05, 3.63) is 26.9 Å². The Labute approximate surface area is 124 Å². The van der Waals surface area contributed by atoms with E-state index in [1.807, 2.05) is 0 Å². The van der Waals surface area contributed by atoms with E-state index in [0.29, 0.717) is 8.68 Å². The normalized spacial score (nSPS) is 12.1. The average Bonchev–Trinajstić information content (AvgIpc) is 2.82. The molecule has 3 nitrogen and oxygen atoms in total. The second-order valence-electron chi connectivity index (χ2n) is 3.46. The largest absolute Gasteiger partial charge is 0.435 e. The number of aromatic nitrogens is 3. The van der Waals surface area contributed by atoms with Crippen molar-refractivity contribution < 1.29 is 13.2 Å². The van der Waals surface area contributed by atoms with Gasteiger partial charge >= 0.3 is 6.18 Å². The summed E-state index contributed by atoms with van der Waals surface area (Å²) in [5.74, 6) is 0.0331. The van der Waals surface area contributed by atoms with Gasteiger partial charge in [0.15, 0.2) is 10.0 Å². The standard InChI is InChI=1S/C9H6Cl2F3N3S2/c1-17-7(11)4(6(16-17)9(12,13)14)3-18-8-15-2-5(10)19-8/h2H,3H2,1H3. The van der Waals surface area contributed by atoms with Gasteiger partial charge in [-0.2, -0.15) is 18.3 Å². The molecule has 0 spiro atoms. The maximum Gasteiger partial charge on any atom is 0.435 e. The molecule has 104 valence electrons. The van der Waals surface area contributed by atoms with Gasteiger partial charge in [0, 0.05) is 18.4 Å². The highest BCUT2D eigenvalue weighted by Crippen LogP contribution is 2.38. The lowest BCUT2D eigenvalue weighted by atomic mass is 10.3. The molecule has 0 saturated heterocycles. The Morgan fingerprint density at radius 3 is 2.63 bits per heavy atom. The van der Waals surface area contributed by atoms with Crippen LogP contribution in [0.4, 0.5) is 13.2 Å². The van der Waals surface area contributed by atoms with Crippen LogP contribution in [0.15, 0.2) is 10.5 Å². The number of rotatable bonds is 3. The molecule has 0 fully saturated rings. The lowest BCUT2D eigenvalue weighted by molar-refractivity contribution is -0.141. The van der Waals surface area contributed by atoms with Gasteiger partial charge in [-0.1, -0.05) is 46.3 Å². The van der Waals surface area contributed by atoms with Crippen LogP contribution in [0.1, 0.15) is 11.3 Å². The average molecular weight is 348 g/mol. The van der Waals surface area contributed by atoms with E-state index < -0.39 is 11.9 Å². The number of halogens is 5. The molecular formula is C9H6Cl2F3N3S2. The van der Waals surface area contributed by atoms with Crippen molar-refractivity contribution in [2.45, 2.75) is 16.3 Å². The molecular weight excluding hydrogens is 342 g/mol. The Morgan fingerprint density at radius 1 is 1.42 bits per heavy atom. The number of nitrogens with zero attached hydrogens (tertiary/aromatic N) is 3. The lowest BCUT2D eigenvalue weighted by Crippen LogP contribution is -2.09. The molecule has 10 heteroatoms. The monoisotopic (exact) mass is 347 g/mol. The molecule has 2 rings (SSSR count). The fraction of sp³-hybridized carbons (Fsp3) is 0.333. The first kappa shape index (κ1) is 15.0. The molecule has 0 aromatic carbocycles. The van der Waals surface area contributed by atoms with Crippen LogP contribution in [-0.2, 0) is 19.0 Å². The van der Waals surface area contributed by atoms with Crippen LogP contribution < -0.4 is 0 Å². The van der Waals surface area contributed by atoms with Crippen molar-refractivity contribution in [3.63, 3.8) is 0 Å². The third-order valence-electron chi connectivity index (χ3n) is 2.13.